The molecule has 0 fully saturated rings. The van der Waals surface area contributed by atoms with Crippen LogP contribution in [0.4, 0.5) is 0 Å². The molecule has 0 saturated carbocycles. The molecule has 2 heteroatoms. The third-order valence-electron chi connectivity index (χ3n) is 2.57. The van der Waals surface area contributed by atoms with Crippen molar-refractivity contribution >= 4 is 6.79 Å². The summed E-state index contributed by atoms with van der Waals surface area (Å²) in [6, 6.07) is 0. The van der Waals surface area contributed by atoms with Crippen molar-refractivity contribution in [1.82, 2.24) is 0 Å². The summed E-state index contributed by atoms with van der Waals surface area (Å²) in [5.74, 6) is 0. The first kappa shape index (κ1) is 20.7. The first-order valence-corrected chi connectivity index (χ1v) is 6.68. The van der Waals surface area contributed by atoms with Crippen LogP contribution in [-0.4, -0.2) is 6.79 Å². The average molecular weight is 425 g/mol. The molecule has 0 aromatic heterocycles. The monoisotopic (exact) mass is 425 g/mol. The molecular weight excluding hydrogens is 401 g/mol. The third kappa shape index (κ3) is 10.9. The second kappa shape index (κ2) is 15.4. The molecule has 19 heavy (non-hydrogen) atoms. The summed E-state index contributed by atoms with van der Waals surface area (Å²) in [5, 5.41) is 0. The number of carbonyl (C=O) groups excluding carboxylic acids is 1. The van der Waals surface area contributed by atoms with Gasteiger partial charge in [0, 0.05) is 0 Å². The maximum Gasteiger partial charge on any atom is 2.00 e. The molecule has 0 heterocycles. The van der Waals surface area contributed by atoms with Crippen LogP contribution in [0.1, 0.15) is 52.4 Å². The van der Waals surface area contributed by atoms with E-state index < -0.39 is 0 Å². The van der Waals surface area contributed by atoms with Crippen LogP contribution in [0.3, 0.4) is 0 Å². The van der Waals surface area contributed by atoms with E-state index in [1.165, 1.54) is 36.8 Å². The van der Waals surface area contributed by atoms with Crippen molar-refractivity contribution in [2.75, 3.05) is 0 Å². The maximum absolute atomic E-state index is 8.00. The number of carbonyl (C=O) groups is 1. The zero-order chi connectivity index (χ0) is 13.6. The average Bonchev–Trinajstić information content (AvgIpc) is 3.07. The van der Waals surface area contributed by atoms with Crippen molar-refractivity contribution in [2.24, 2.45) is 0 Å². The summed E-state index contributed by atoms with van der Waals surface area (Å²) in [6.45, 7) is 6.39. The molecule has 0 amide bonds. The Morgan fingerprint density at radius 1 is 0.947 bits per heavy atom. The number of rotatable bonds is 4. The van der Waals surface area contributed by atoms with Crippen molar-refractivity contribution in [3.63, 3.8) is 0 Å². The first-order chi connectivity index (χ1) is 8.86. The van der Waals surface area contributed by atoms with E-state index in [2.05, 4.69) is 50.3 Å². The smallest absolute Gasteiger partial charge is 0.307 e. The second-order valence-corrected chi connectivity index (χ2v) is 4.12. The first-order valence-electron chi connectivity index (χ1n) is 6.68. The van der Waals surface area contributed by atoms with Gasteiger partial charge in [0.15, 0.2) is 0 Å². The van der Waals surface area contributed by atoms with Gasteiger partial charge in [-0.3, -0.25) is 12.2 Å². The minimum absolute atomic E-state index is 0. The fourth-order valence-electron chi connectivity index (χ4n) is 1.78. The van der Waals surface area contributed by atoms with Gasteiger partial charge < -0.3 is 4.79 Å². The van der Waals surface area contributed by atoms with Crippen LogP contribution in [0.25, 0.3) is 0 Å². The Bertz CT molecular complexity index is 292. The van der Waals surface area contributed by atoms with Gasteiger partial charge in [-0.15, -0.1) is 12.8 Å². The molecule has 0 unspecified atom stereocenters. The Balaban J connectivity index is 0. The van der Waals surface area contributed by atoms with E-state index in [4.69, 9.17) is 4.79 Å². The van der Waals surface area contributed by atoms with Crippen LogP contribution in [0.15, 0.2) is 35.5 Å². The van der Waals surface area contributed by atoms with Crippen molar-refractivity contribution in [3.8, 4) is 0 Å². The van der Waals surface area contributed by atoms with Gasteiger partial charge in [-0.2, -0.15) is 12.2 Å². The normalized spacial score (nSPS) is 14.4. The Morgan fingerprint density at radius 3 is 1.53 bits per heavy atom. The number of hydrogen-bond acceptors (Lipinski definition) is 1. The fourth-order valence-corrected chi connectivity index (χ4v) is 1.78. The SMILES string of the molecule is C=O.CCCC1=[C-]CC=C1.CCCC1=[C-]CC=C1.[Ta+2]. The molecule has 0 bridgehead atoms. The van der Waals surface area contributed by atoms with E-state index in [0.717, 1.165) is 12.8 Å². The van der Waals surface area contributed by atoms with Crippen LogP contribution >= 0.6 is 0 Å². The van der Waals surface area contributed by atoms with Crippen LogP contribution in [-0.2, 0) is 27.2 Å². The van der Waals surface area contributed by atoms with Crippen molar-refractivity contribution in [3.05, 3.63) is 47.6 Å². The molecule has 0 aromatic rings. The molecular formula is C17H24OTa. The Kier molecular flexibility index (Phi) is 16.8. The molecule has 1 radical (unpaired) electrons. The predicted molar refractivity (Wildman–Crippen MR) is 78.0 cm³/mol. The molecule has 0 N–H and O–H groups in total. The zero-order valence-corrected chi connectivity index (χ0v) is 15.3. The van der Waals surface area contributed by atoms with E-state index >= 15 is 0 Å². The molecule has 1 nitrogen and oxygen atoms in total. The summed E-state index contributed by atoms with van der Waals surface area (Å²) >= 11 is 0. The molecule has 2 aliphatic rings. The van der Waals surface area contributed by atoms with Crippen LogP contribution in [0.2, 0.25) is 0 Å². The van der Waals surface area contributed by atoms with Gasteiger partial charge in [0.25, 0.3) is 0 Å². The van der Waals surface area contributed by atoms with E-state index in [1.54, 1.807) is 0 Å². The summed E-state index contributed by atoms with van der Waals surface area (Å²) in [5.41, 5.74) is 2.79. The Labute approximate surface area is 134 Å². The molecule has 0 spiro atoms. The van der Waals surface area contributed by atoms with E-state index in [0.29, 0.717) is 0 Å². The molecule has 0 aliphatic heterocycles. The summed E-state index contributed by atoms with van der Waals surface area (Å²) in [4.78, 5) is 8.00. The molecule has 103 valence electrons. The third-order valence-corrected chi connectivity index (χ3v) is 2.57. The Morgan fingerprint density at radius 2 is 1.32 bits per heavy atom. The minimum Gasteiger partial charge on any atom is -0.307 e. The van der Waals surface area contributed by atoms with Crippen molar-refractivity contribution in [1.29, 1.82) is 0 Å². The largest absolute Gasteiger partial charge is 2.00 e. The van der Waals surface area contributed by atoms with Crippen LogP contribution in [0, 0.1) is 12.2 Å². The number of allylic oxidation sites excluding steroid dienone is 8. The summed E-state index contributed by atoms with van der Waals surface area (Å²) in [7, 11) is 0. The molecule has 0 atom stereocenters. The molecule has 0 aromatic carbocycles. The van der Waals surface area contributed by atoms with Gasteiger partial charge in [-0.05, 0) is 0 Å². The van der Waals surface area contributed by atoms with Gasteiger partial charge in [0.2, 0.25) is 0 Å². The molecule has 0 saturated heterocycles. The van der Waals surface area contributed by atoms with Gasteiger partial charge in [0.05, 0.1) is 0 Å². The van der Waals surface area contributed by atoms with Crippen molar-refractivity contribution in [2.45, 2.75) is 52.4 Å². The minimum atomic E-state index is 0. The van der Waals surface area contributed by atoms with E-state index in [-0.39, 0.29) is 22.4 Å². The van der Waals surface area contributed by atoms with Gasteiger partial charge >= 0.3 is 22.4 Å². The molecule has 2 aliphatic carbocycles. The quantitative estimate of drug-likeness (QED) is 0.594. The van der Waals surface area contributed by atoms with Crippen LogP contribution < -0.4 is 0 Å². The summed E-state index contributed by atoms with van der Waals surface area (Å²) in [6.07, 6.45) is 22.2. The van der Waals surface area contributed by atoms with Gasteiger partial charge in [-0.1, -0.05) is 39.5 Å². The van der Waals surface area contributed by atoms with Gasteiger partial charge in [0.1, 0.15) is 6.79 Å². The fraction of sp³-hybridized carbons (Fsp3) is 0.471. The second-order valence-electron chi connectivity index (χ2n) is 4.12. The van der Waals surface area contributed by atoms with Crippen molar-refractivity contribution < 1.29 is 27.2 Å². The zero-order valence-electron chi connectivity index (χ0n) is 12.1. The maximum atomic E-state index is 8.00. The topological polar surface area (TPSA) is 17.1 Å². The van der Waals surface area contributed by atoms with E-state index in [1.807, 2.05) is 6.79 Å². The summed E-state index contributed by atoms with van der Waals surface area (Å²) < 4.78 is 0. The van der Waals surface area contributed by atoms with Crippen LogP contribution in [0.5, 0.6) is 0 Å². The Hall–Kier alpha value is -0.630. The molecule has 2 rings (SSSR count). The standard InChI is InChI=1S/2C8H11.CH2O.Ta/c2*1-2-5-8-6-3-4-7-8;1-2;/h2*3,6H,2,4-5H2,1H3;1H2;/q2*-1;;+2. The number of hydrogen-bond donors (Lipinski definition) is 0. The van der Waals surface area contributed by atoms with E-state index in [9.17, 15) is 0 Å². The predicted octanol–water partition coefficient (Wildman–Crippen LogP) is 4.76. The van der Waals surface area contributed by atoms with Gasteiger partial charge in [-0.25, -0.2) is 23.3 Å².